The van der Waals surface area contributed by atoms with Gasteiger partial charge in [-0.05, 0) is 12.1 Å². The van der Waals surface area contributed by atoms with Crippen molar-refractivity contribution >= 4 is 11.9 Å². The summed E-state index contributed by atoms with van der Waals surface area (Å²) in [5.41, 5.74) is -0.302. The number of ether oxygens (including phenoxy) is 2. The topological polar surface area (TPSA) is 84.9 Å². The molecular formula is C14H16FNO5. The Morgan fingerprint density at radius 2 is 2.24 bits per heavy atom. The van der Waals surface area contributed by atoms with Gasteiger partial charge in [-0.1, -0.05) is 12.1 Å². The van der Waals surface area contributed by atoms with Gasteiger partial charge in [0, 0.05) is 0 Å². The fourth-order valence-electron chi connectivity index (χ4n) is 1.52. The summed E-state index contributed by atoms with van der Waals surface area (Å²) in [6.45, 7) is 3.31. The van der Waals surface area contributed by atoms with Crippen LogP contribution >= 0.6 is 0 Å². The fraction of sp³-hybridized carbons (Fsp3) is 0.286. The zero-order chi connectivity index (χ0) is 15.8. The molecule has 0 fully saturated rings. The summed E-state index contributed by atoms with van der Waals surface area (Å²) in [6.07, 6.45) is 1.45. The van der Waals surface area contributed by atoms with Gasteiger partial charge in [0.1, 0.15) is 0 Å². The number of carbonyl (C=O) groups is 2. The highest BCUT2D eigenvalue weighted by atomic mass is 19.1. The number of aliphatic carboxylic acids is 1. The molecule has 21 heavy (non-hydrogen) atoms. The van der Waals surface area contributed by atoms with Crippen LogP contribution in [0, 0.1) is 5.82 Å². The summed E-state index contributed by atoms with van der Waals surface area (Å²) in [7, 11) is 1.27. The second-order valence-corrected chi connectivity index (χ2v) is 4.01. The maximum absolute atomic E-state index is 13.9. The quantitative estimate of drug-likeness (QED) is 0.556. The fourth-order valence-corrected chi connectivity index (χ4v) is 1.52. The van der Waals surface area contributed by atoms with Crippen LogP contribution in [0.4, 0.5) is 4.39 Å². The zero-order valence-corrected chi connectivity index (χ0v) is 11.5. The van der Waals surface area contributed by atoms with E-state index in [4.69, 9.17) is 14.6 Å². The van der Waals surface area contributed by atoms with Crippen molar-refractivity contribution < 1.29 is 28.6 Å². The highest BCUT2D eigenvalue weighted by Gasteiger charge is 2.23. The Morgan fingerprint density at radius 3 is 2.81 bits per heavy atom. The van der Waals surface area contributed by atoms with E-state index in [-0.39, 0.29) is 24.5 Å². The maximum Gasteiger partial charge on any atom is 0.328 e. The molecule has 0 aromatic heterocycles. The minimum atomic E-state index is -1.29. The highest BCUT2D eigenvalue weighted by Crippen LogP contribution is 2.19. The van der Waals surface area contributed by atoms with Gasteiger partial charge in [-0.3, -0.25) is 4.79 Å². The van der Waals surface area contributed by atoms with Gasteiger partial charge >= 0.3 is 5.97 Å². The van der Waals surface area contributed by atoms with Gasteiger partial charge < -0.3 is 19.9 Å². The van der Waals surface area contributed by atoms with Gasteiger partial charge in [0.2, 0.25) is 0 Å². The lowest BCUT2D eigenvalue weighted by Gasteiger charge is -2.15. The predicted molar refractivity (Wildman–Crippen MR) is 72.9 cm³/mol. The molecule has 2 N–H and O–H groups in total. The summed E-state index contributed by atoms with van der Waals surface area (Å²) in [5, 5.41) is 11.2. The van der Waals surface area contributed by atoms with Crippen molar-refractivity contribution in [1.82, 2.24) is 5.32 Å². The summed E-state index contributed by atoms with van der Waals surface area (Å²) in [6, 6.07) is 2.73. The van der Waals surface area contributed by atoms with E-state index in [0.717, 1.165) is 0 Å². The second-order valence-electron chi connectivity index (χ2n) is 4.01. The van der Waals surface area contributed by atoms with E-state index in [9.17, 15) is 14.0 Å². The molecule has 0 aliphatic rings. The van der Waals surface area contributed by atoms with Crippen molar-refractivity contribution in [3.63, 3.8) is 0 Å². The first-order valence-corrected chi connectivity index (χ1v) is 6.06. The number of nitrogens with one attached hydrogen (secondary N) is 1. The van der Waals surface area contributed by atoms with E-state index in [1.54, 1.807) is 0 Å². The lowest BCUT2D eigenvalue weighted by molar-refractivity contribution is -0.140. The van der Waals surface area contributed by atoms with Crippen LogP contribution in [0.5, 0.6) is 5.75 Å². The maximum atomic E-state index is 13.9. The van der Waals surface area contributed by atoms with E-state index >= 15 is 0 Å². The van der Waals surface area contributed by atoms with Crippen LogP contribution in [0.1, 0.15) is 10.4 Å². The number of hydrogen-bond donors (Lipinski definition) is 2. The lowest BCUT2D eigenvalue weighted by atomic mass is 10.1. The molecule has 0 radical (unpaired) electrons. The van der Waals surface area contributed by atoms with Crippen LogP contribution in [-0.4, -0.2) is 43.3 Å². The van der Waals surface area contributed by atoms with E-state index in [0.29, 0.717) is 0 Å². The molecule has 1 atom stereocenters. The molecule has 0 saturated heterocycles. The molecule has 114 valence electrons. The average molecular weight is 297 g/mol. The minimum Gasteiger partial charge on any atom is -0.494 e. The molecule has 1 unspecified atom stereocenters. The second kappa shape index (κ2) is 8.01. The Bertz CT molecular complexity index is 532. The molecule has 1 aromatic carbocycles. The Balaban J connectivity index is 2.82. The van der Waals surface area contributed by atoms with E-state index in [1.165, 1.54) is 31.4 Å². The third-order valence-electron chi connectivity index (χ3n) is 2.55. The smallest absolute Gasteiger partial charge is 0.328 e. The Kier molecular flexibility index (Phi) is 6.35. The van der Waals surface area contributed by atoms with Crippen LogP contribution in [0.3, 0.4) is 0 Å². The summed E-state index contributed by atoms with van der Waals surface area (Å²) < 4.78 is 23.7. The van der Waals surface area contributed by atoms with Gasteiger partial charge in [0.15, 0.2) is 17.6 Å². The van der Waals surface area contributed by atoms with Crippen LogP contribution in [0.2, 0.25) is 0 Å². The molecule has 6 nitrogen and oxygen atoms in total. The summed E-state index contributed by atoms with van der Waals surface area (Å²) >= 11 is 0. The molecular weight excluding hydrogens is 281 g/mol. The van der Waals surface area contributed by atoms with Crippen LogP contribution < -0.4 is 10.1 Å². The molecule has 7 heteroatoms. The zero-order valence-electron chi connectivity index (χ0n) is 11.5. The summed E-state index contributed by atoms with van der Waals surface area (Å²) in [5.74, 6) is -3.09. The van der Waals surface area contributed by atoms with Gasteiger partial charge in [0.05, 0.1) is 25.9 Å². The van der Waals surface area contributed by atoms with E-state index in [2.05, 4.69) is 11.9 Å². The van der Waals surface area contributed by atoms with Gasteiger partial charge in [-0.25, -0.2) is 9.18 Å². The SMILES string of the molecule is C=CCOCC(NC(=O)c1cccc(OC)c1F)C(=O)O. The number of methoxy groups -OCH3 is 1. The van der Waals surface area contributed by atoms with Gasteiger partial charge in [0.25, 0.3) is 5.91 Å². The molecule has 0 heterocycles. The number of carboxylic acid groups (broad SMARTS) is 1. The number of amides is 1. The largest absolute Gasteiger partial charge is 0.494 e. The Labute approximate surface area is 121 Å². The number of benzene rings is 1. The average Bonchev–Trinajstić information content (AvgIpc) is 2.46. The van der Waals surface area contributed by atoms with Crippen molar-refractivity contribution in [1.29, 1.82) is 0 Å². The number of halogens is 1. The number of carbonyl (C=O) groups excluding carboxylic acids is 1. The molecule has 0 aliphatic heterocycles. The molecule has 1 amide bonds. The van der Waals surface area contributed by atoms with Crippen LogP contribution in [0.25, 0.3) is 0 Å². The van der Waals surface area contributed by atoms with Crippen LogP contribution in [0.15, 0.2) is 30.9 Å². The third kappa shape index (κ3) is 4.57. The van der Waals surface area contributed by atoms with Crippen LogP contribution in [-0.2, 0) is 9.53 Å². The monoisotopic (exact) mass is 297 g/mol. The molecule has 0 bridgehead atoms. The van der Waals surface area contributed by atoms with Crippen molar-refractivity contribution in [2.45, 2.75) is 6.04 Å². The molecule has 0 spiro atoms. The molecule has 1 rings (SSSR count). The van der Waals surface area contributed by atoms with Gasteiger partial charge in [-0.2, -0.15) is 0 Å². The third-order valence-corrected chi connectivity index (χ3v) is 2.55. The highest BCUT2D eigenvalue weighted by molar-refractivity contribution is 5.97. The van der Waals surface area contributed by atoms with Crippen molar-refractivity contribution in [3.05, 3.63) is 42.2 Å². The number of hydrogen-bond acceptors (Lipinski definition) is 4. The Hall–Kier alpha value is -2.41. The first-order valence-electron chi connectivity index (χ1n) is 6.06. The van der Waals surface area contributed by atoms with E-state index in [1.807, 2.05) is 0 Å². The standard InChI is InChI=1S/C14H16FNO5/c1-3-7-21-8-10(14(18)19)16-13(17)9-5-4-6-11(20-2)12(9)15/h3-6,10H,1,7-8H2,2H3,(H,16,17)(H,18,19). The first-order chi connectivity index (χ1) is 10.0. The minimum absolute atomic E-state index is 0.0996. The first kappa shape index (κ1) is 16.6. The van der Waals surface area contributed by atoms with Crippen molar-refractivity contribution in [3.8, 4) is 5.75 Å². The lowest BCUT2D eigenvalue weighted by Crippen LogP contribution is -2.44. The molecule has 0 saturated carbocycles. The molecule has 1 aromatic rings. The molecule has 0 aliphatic carbocycles. The Morgan fingerprint density at radius 1 is 1.52 bits per heavy atom. The van der Waals surface area contributed by atoms with E-state index < -0.39 is 23.7 Å². The number of carboxylic acids is 1. The number of rotatable bonds is 8. The predicted octanol–water partition coefficient (Wildman–Crippen LogP) is 1.22. The normalized spacial score (nSPS) is 11.5. The van der Waals surface area contributed by atoms with Crippen molar-refractivity contribution in [2.75, 3.05) is 20.3 Å². The van der Waals surface area contributed by atoms with Gasteiger partial charge in [-0.15, -0.1) is 6.58 Å². The summed E-state index contributed by atoms with van der Waals surface area (Å²) in [4.78, 5) is 23.0. The van der Waals surface area contributed by atoms with Crippen molar-refractivity contribution in [2.24, 2.45) is 0 Å².